The molecule has 9 heteroatoms. The molecule has 0 saturated heterocycles. The van der Waals surface area contributed by atoms with Crippen LogP contribution >= 0.6 is 0 Å². The molecule has 0 atom stereocenters. The highest BCUT2D eigenvalue weighted by molar-refractivity contribution is 5.97. The fourth-order valence-corrected chi connectivity index (χ4v) is 2.07. The summed E-state index contributed by atoms with van der Waals surface area (Å²) in [7, 11) is 2.77. The highest BCUT2D eigenvalue weighted by atomic mass is 19.1. The van der Waals surface area contributed by atoms with Gasteiger partial charge < -0.3 is 20.5 Å². The number of carbonyl (C=O) groups is 1. The number of aromatic nitrogens is 1. The molecule has 1 heterocycles. The molecule has 1 aromatic heterocycles. The number of amides is 2. The lowest BCUT2D eigenvalue weighted by atomic mass is 10.2. The maximum Gasteiger partial charge on any atom is 0.320 e. The lowest BCUT2D eigenvalue weighted by Crippen LogP contribution is -2.29. The van der Waals surface area contributed by atoms with Crippen LogP contribution in [-0.4, -0.2) is 31.1 Å². The Balaban J connectivity index is 2.02. The number of nitrogen functional groups attached to an aromatic ring is 1. The fourth-order valence-electron chi connectivity index (χ4n) is 2.07. The Bertz CT molecular complexity index is 797. The molecule has 132 valence electrons. The van der Waals surface area contributed by atoms with Crippen LogP contribution in [0.3, 0.4) is 0 Å². The van der Waals surface area contributed by atoms with Gasteiger partial charge in [-0.15, -0.1) is 0 Å². The molecule has 0 fully saturated rings. The third-order valence-electron chi connectivity index (χ3n) is 3.35. The summed E-state index contributed by atoms with van der Waals surface area (Å²) < 4.78 is 23.6. The number of hydrogen-bond acceptors (Lipinski definition) is 6. The molecule has 25 heavy (non-hydrogen) atoms. The number of pyridine rings is 1. The molecule has 2 aromatic rings. The molecule has 1 aromatic carbocycles. The Labute approximate surface area is 143 Å². The Hall–Kier alpha value is -3.36. The van der Waals surface area contributed by atoms with Crippen LogP contribution in [0.2, 0.25) is 0 Å². The Kier molecular flexibility index (Phi) is 5.72. The average Bonchev–Trinajstić information content (AvgIpc) is 2.60. The van der Waals surface area contributed by atoms with E-state index in [9.17, 15) is 9.18 Å². The van der Waals surface area contributed by atoms with Gasteiger partial charge in [0.1, 0.15) is 17.4 Å². The number of ether oxygens (including phenoxy) is 2. The van der Waals surface area contributed by atoms with E-state index in [4.69, 9.17) is 20.6 Å². The van der Waals surface area contributed by atoms with Gasteiger partial charge in [0.05, 0.1) is 26.3 Å². The Morgan fingerprint density at radius 1 is 1.40 bits per heavy atom. The zero-order valence-corrected chi connectivity index (χ0v) is 13.7. The van der Waals surface area contributed by atoms with E-state index < -0.39 is 11.8 Å². The third kappa shape index (κ3) is 4.34. The average molecular weight is 347 g/mol. The summed E-state index contributed by atoms with van der Waals surface area (Å²) in [6.45, 7) is -0.0659. The van der Waals surface area contributed by atoms with Crippen molar-refractivity contribution in [2.24, 2.45) is 0 Å². The molecule has 0 radical (unpaired) electrons. The summed E-state index contributed by atoms with van der Waals surface area (Å²) in [5.41, 5.74) is 6.57. The van der Waals surface area contributed by atoms with Crippen molar-refractivity contribution in [2.45, 2.75) is 6.54 Å². The van der Waals surface area contributed by atoms with Gasteiger partial charge in [0.2, 0.25) is 5.90 Å². The Morgan fingerprint density at radius 2 is 2.16 bits per heavy atom. The molecule has 0 bridgehead atoms. The van der Waals surface area contributed by atoms with Crippen LogP contribution in [0.5, 0.6) is 5.75 Å². The van der Waals surface area contributed by atoms with E-state index in [1.165, 1.54) is 38.6 Å². The van der Waals surface area contributed by atoms with E-state index in [0.29, 0.717) is 11.3 Å². The Morgan fingerprint density at radius 3 is 2.80 bits per heavy atom. The zero-order chi connectivity index (χ0) is 18.4. The van der Waals surface area contributed by atoms with Crippen molar-refractivity contribution in [2.75, 3.05) is 25.3 Å². The van der Waals surface area contributed by atoms with Crippen molar-refractivity contribution in [3.63, 3.8) is 0 Å². The maximum absolute atomic E-state index is 13.8. The summed E-state index contributed by atoms with van der Waals surface area (Å²) in [5.74, 6) is -0.0923. The van der Waals surface area contributed by atoms with Gasteiger partial charge in [-0.05, 0) is 12.1 Å². The van der Waals surface area contributed by atoms with E-state index in [-0.39, 0.29) is 29.5 Å². The first-order valence-corrected chi connectivity index (χ1v) is 7.21. The second-order valence-corrected chi connectivity index (χ2v) is 4.92. The van der Waals surface area contributed by atoms with Crippen molar-refractivity contribution in [1.29, 1.82) is 5.41 Å². The zero-order valence-electron chi connectivity index (χ0n) is 13.7. The molecular weight excluding hydrogens is 329 g/mol. The van der Waals surface area contributed by atoms with E-state index in [2.05, 4.69) is 15.6 Å². The molecule has 0 saturated carbocycles. The largest absolute Gasteiger partial charge is 0.496 e. The van der Waals surface area contributed by atoms with Crippen LogP contribution in [-0.2, 0) is 11.3 Å². The quantitative estimate of drug-likeness (QED) is 0.487. The van der Waals surface area contributed by atoms with Crippen LogP contribution in [0.15, 0.2) is 30.5 Å². The van der Waals surface area contributed by atoms with Crippen molar-refractivity contribution >= 4 is 23.4 Å². The first-order valence-electron chi connectivity index (χ1n) is 7.21. The highest BCUT2D eigenvalue weighted by Crippen LogP contribution is 2.21. The summed E-state index contributed by atoms with van der Waals surface area (Å²) in [6.07, 6.45) is 1.32. The van der Waals surface area contributed by atoms with Crippen molar-refractivity contribution in [3.8, 4) is 5.75 Å². The SMILES string of the molecule is COC(=N)c1cnc(NC(=O)NCc2c(F)cccc2OC)cc1N. The molecule has 0 aliphatic rings. The number of anilines is 2. The molecule has 0 spiro atoms. The van der Waals surface area contributed by atoms with E-state index >= 15 is 0 Å². The monoisotopic (exact) mass is 347 g/mol. The van der Waals surface area contributed by atoms with Crippen LogP contribution in [0.25, 0.3) is 0 Å². The smallest absolute Gasteiger partial charge is 0.320 e. The highest BCUT2D eigenvalue weighted by Gasteiger charge is 2.12. The van der Waals surface area contributed by atoms with Crippen LogP contribution in [0, 0.1) is 11.2 Å². The first-order chi connectivity index (χ1) is 12.0. The number of hydrogen-bond donors (Lipinski definition) is 4. The second kappa shape index (κ2) is 7.95. The van der Waals surface area contributed by atoms with Gasteiger partial charge in [0.25, 0.3) is 0 Å². The summed E-state index contributed by atoms with van der Waals surface area (Å²) >= 11 is 0. The fraction of sp³-hybridized carbons (Fsp3) is 0.188. The van der Waals surface area contributed by atoms with Crippen LogP contribution in [0.4, 0.5) is 20.7 Å². The summed E-state index contributed by atoms with van der Waals surface area (Å²) in [6, 6.07) is 5.20. The molecule has 0 unspecified atom stereocenters. The summed E-state index contributed by atoms with van der Waals surface area (Å²) in [5, 5.41) is 12.6. The normalized spacial score (nSPS) is 10.0. The number of methoxy groups -OCH3 is 2. The third-order valence-corrected chi connectivity index (χ3v) is 3.35. The van der Waals surface area contributed by atoms with Crippen molar-refractivity contribution in [1.82, 2.24) is 10.3 Å². The minimum absolute atomic E-state index is 0.0659. The topological polar surface area (TPSA) is 122 Å². The van der Waals surface area contributed by atoms with Gasteiger partial charge in [-0.1, -0.05) is 6.07 Å². The van der Waals surface area contributed by atoms with Gasteiger partial charge in [0.15, 0.2) is 0 Å². The van der Waals surface area contributed by atoms with Crippen molar-refractivity contribution in [3.05, 3.63) is 47.4 Å². The van der Waals surface area contributed by atoms with E-state index in [0.717, 1.165) is 0 Å². The van der Waals surface area contributed by atoms with Crippen LogP contribution in [0.1, 0.15) is 11.1 Å². The van der Waals surface area contributed by atoms with Crippen molar-refractivity contribution < 1.29 is 18.7 Å². The van der Waals surface area contributed by atoms with Gasteiger partial charge in [-0.3, -0.25) is 10.7 Å². The number of rotatable bonds is 5. The van der Waals surface area contributed by atoms with E-state index in [1.54, 1.807) is 6.07 Å². The van der Waals surface area contributed by atoms with Crippen LogP contribution < -0.4 is 21.1 Å². The number of carbonyl (C=O) groups excluding carboxylic acids is 1. The van der Waals surface area contributed by atoms with Gasteiger partial charge >= 0.3 is 6.03 Å². The lowest BCUT2D eigenvalue weighted by molar-refractivity contribution is 0.251. The predicted octanol–water partition coefficient (Wildman–Crippen LogP) is 2.10. The predicted molar refractivity (Wildman–Crippen MR) is 91.3 cm³/mol. The second-order valence-electron chi connectivity index (χ2n) is 4.92. The number of urea groups is 1. The minimum Gasteiger partial charge on any atom is -0.496 e. The molecule has 2 amide bonds. The number of nitrogens with two attached hydrogens (primary N) is 1. The first kappa shape index (κ1) is 18.0. The summed E-state index contributed by atoms with van der Waals surface area (Å²) in [4.78, 5) is 15.9. The standard InChI is InChI=1S/C16H18FN5O3/c1-24-13-5-3-4-11(17)9(13)7-21-16(23)22-14-6-12(18)10(8-20-14)15(19)25-2/h3-6,8,19H,7H2,1-2H3,(H4,18,20,21,22,23). The molecular formula is C16H18FN5O3. The van der Waals surface area contributed by atoms with Gasteiger partial charge in [-0.25, -0.2) is 14.2 Å². The number of benzene rings is 1. The number of nitrogens with one attached hydrogen (secondary N) is 3. The molecule has 0 aliphatic carbocycles. The van der Waals surface area contributed by atoms with Gasteiger partial charge in [-0.2, -0.15) is 0 Å². The molecule has 8 nitrogen and oxygen atoms in total. The minimum atomic E-state index is -0.591. The molecule has 0 aliphatic heterocycles. The molecule has 2 rings (SSSR count). The van der Waals surface area contributed by atoms with Gasteiger partial charge in [0, 0.05) is 23.5 Å². The van der Waals surface area contributed by atoms with E-state index in [1.807, 2.05) is 0 Å². The number of halogens is 1. The molecule has 5 N–H and O–H groups in total. The lowest BCUT2D eigenvalue weighted by Gasteiger charge is -2.12. The maximum atomic E-state index is 13.8. The number of nitrogens with zero attached hydrogens (tertiary/aromatic N) is 1.